The molecule has 0 spiro atoms. The van der Waals surface area contributed by atoms with Crippen molar-refractivity contribution < 1.29 is 38.1 Å². The molecule has 0 radical (unpaired) electrons. The summed E-state index contributed by atoms with van der Waals surface area (Å²) in [5.74, 6) is -2.50. The predicted octanol–water partition coefficient (Wildman–Crippen LogP) is 1.36. The molecule has 11 nitrogen and oxygen atoms in total. The van der Waals surface area contributed by atoms with Crippen molar-refractivity contribution in [2.24, 2.45) is 0 Å². The highest BCUT2D eigenvalue weighted by Crippen LogP contribution is 2.24. The number of amides is 4. The van der Waals surface area contributed by atoms with Crippen LogP contribution in [0.3, 0.4) is 0 Å². The molecule has 14 heteroatoms. The maximum atomic E-state index is 14.7. The van der Waals surface area contributed by atoms with Gasteiger partial charge < -0.3 is 35.4 Å². The number of benzene rings is 1. The molecule has 2 aromatic rings. The lowest BCUT2D eigenvalue weighted by Crippen LogP contribution is -2.50. The monoisotopic (exact) mass is 528 g/mol. The van der Waals surface area contributed by atoms with Gasteiger partial charge in [0.2, 0.25) is 5.91 Å². The number of nitrogens with zero attached hydrogens (tertiary/aromatic N) is 1. The van der Waals surface area contributed by atoms with Gasteiger partial charge in [-0.3, -0.25) is 14.4 Å². The molecule has 4 amide bonds. The summed E-state index contributed by atoms with van der Waals surface area (Å²) < 4.78 is 24.9. The first-order valence-corrected chi connectivity index (χ1v) is 11.5. The van der Waals surface area contributed by atoms with Crippen molar-refractivity contribution >= 4 is 58.1 Å². The Labute approximate surface area is 208 Å². The van der Waals surface area contributed by atoms with E-state index in [2.05, 4.69) is 16.0 Å². The number of rotatable bonds is 9. The van der Waals surface area contributed by atoms with Gasteiger partial charge in [0.15, 0.2) is 0 Å². The van der Waals surface area contributed by atoms with Crippen LogP contribution in [0.25, 0.3) is 0 Å². The van der Waals surface area contributed by atoms with E-state index in [0.717, 1.165) is 17.4 Å². The van der Waals surface area contributed by atoms with Crippen molar-refractivity contribution in [3.8, 4) is 0 Å². The lowest BCUT2D eigenvalue weighted by molar-refractivity contribution is -0.125. The van der Waals surface area contributed by atoms with Crippen LogP contribution < -0.4 is 20.9 Å². The van der Waals surface area contributed by atoms with Gasteiger partial charge in [0.25, 0.3) is 11.8 Å². The van der Waals surface area contributed by atoms with Crippen molar-refractivity contribution in [1.29, 1.82) is 0 Å². The van der Waals surface area contributed by atoms with E-state index in [9.17, 15) is 23.6 Å². The summed E-state index contributed by atoms with van der Waals surface area (Å²) in [7, 11) is 0. The molecule has 0 saturated carbocycles. The summed E-state index contributed by atoms with van der Waals surface area (Å²) in [4.78, 5) is 50.7. The van der Waals surface area contributed by atoms with E-state index in [4.69, 9.17) is 26.2 Å². The van der Waals surface area contributed by atoms with Gasteiger partial charge in [-0.25, -0.2) is 9.18 Å². The molecule has 1 aliphatic rings. The number of aliphatic hydroxyl groups excluding tert-OH is 1. The fourth-order valence-electron chi connectivity index (χ4n) is 3.03. The minimum Gasteiger partial charge on any atom is -0.447 e. The molecule has 4 N–H and O–H groups in total. The molecule has 1 aliphatic heterocycles. The van der Waals surface area contributed by atoms with Crippen LogP contribution in [0.1, 0.15) is 9.67 Å². The maximum absolute atomic E-state index is 14.7. The summed E-state index contributed by atoms with van der Waals surface area (Å²) in [6.45, 7) is -0.615. The molecule has 0 aliphatic carbocycles. The average Bonchev–Trinajstić information content (AvgIpc) is 3.28. The number of hydrogen-bond acceptors (Lipinski definition) is 8. The van der Waals surface area contributed by atoms with Crippen LogP contribution in [0.5, 0.6) is 0 Å². The summed E-state index contributed by atoms with van der Waals surface area (Å²) in [5, 5.41) is 15.9. The number of nitrogens with one attached hydrogen (secondary N) is 3. The zero-order valence-electron chi connectivity index (χ0n) is 18.2. The minimum atomic E-state index is -1.35. The second-order valence-electron chi connectivity index (χ2n) is 7.12. The zero-order chi connectivity index (χ0) is 25.4. The summed E-state index contributed by atoms with van der Waals surface area (Å²) in [6.07, 6.45) is -1.02. The summed E-state index contributed by atoms with van der Waals surface area (Å²) in [5.41, 5.74) is 0.101. The van der Waals surface area contributed by atoms with E-state index in [1.807, 2.05) is 0 Å². The first-order chi connectivity index (χ1) is 16.8. The van der Waals surface area contributed by atoms with Gasteiger partial charge in [-0.2, -0.15) is 0 Å². The zero-order valence-corrected chi connectivity index (χ0v) is 19.8. The van der Waals surface area contributed by atoms with Gasteiger partial charge in [-0.1, -0.05) is 11.6 Å². The number of alkyl carbamates (subject to hydrolysis) is 1. The van der Waals surface area contributed by atoms with Crippen LogP contribution >= 0.6 is 22.9 Å². The third-order valence-corrected chi connectivity index (χ3v) is 5.93. The second kappa shape index (κ2) is 12.4. The Morgan fingerprint density at radius 2 is 2.09 bits per heavy atom. The standard InChI is InChI=1S/C21H22ClFN4O7S/c22-17-4-3-16(35-17)20(31)24-10-15(26-21(32)34-8-6-28)19(30)25-14-2-1-12(9-13(14)23)27-5-7-33-11-18(27)29/h1-4,9,15,28H,5-8,10-11H2,(H,24,31)(H,25,30)(H,26,32)/t15-/m0/s1. The number of carbonyl (C=O) groups excluding carboxylic acids is 4. The molecule has 35 heavy (non-hydrogen) atoms. The van der Waals surface area contributed by atoms with Gasteiger partial charge in [0.1, 0.15) is 25.1 Å². The van der Waals surface area contributed by atoms with Crippen LogP contribution in [0.4, 0.5) is 20.6 Å². The number of thiophene rings is 1. The highest BCUT2D eigenvalue weighted by molar-refractivity contribution is 7.18. The number of halogens is 2. The van der Waals surface area contributed by atoms with E-state index in [0.29, 0.717) is 16.6 Å². The quantitative estimate of drug-likeness (QED) is 0.384. The van der Waals surface area contributed by atoms with Crippen LogP contribution in [0.2, 0.25) is 4.34 Å². The number of ether oxygens (including phenoxy) is 2. The third-order valence-electron chi connectivity index (χ3n) is 4.70. The van der Waals surface area contributed by atoms with Crippen molar-refractivity contribution in [3.63, 3.8) is 0 Å². The number of hydrogen-bond donors (Lipinski definition) is 4. The number of carbonyl (C=O) groups is 4. The van der Waals surface area contributed by atoms with Crippen molar-refractivity contribution in [1.82, 2.24) is 10.6 Å². The highest BCUT2D eigenvalue weighted by Gasteiger charge is 2.25. The van der Waals surface area contributed by atoms with Crippen molar-refractivity contribution in [2.45, 2.75) is 6.04 Å². The SMILES string of the molecule is O=C(N[C@@H](CNC(=O)c1ccc(Cl)s1)C(=O)Nc1ccc(N2CCOCC2=O)cc1F)OCCO. The van der Waals surface area contributed by atoms with Gasteiger partial charge in [0, 0.05) is 18.8 Å². The molecule has 1 fully saturated rings. The van der Waals surface area contributed by atoms with E-state index in [1.54, 1.807) is 0 Å². The molecule has 2 heterocycles. The largest absolute Gasteiger partial charge is 0.447 e. The third kappa shape index (κ3) is 7.36. The molecule has 1 aromatic heterocycles. The molecule has 0 bridgehead atoms. The molecule has 0 unspecified atom stereocenters. The van der Waals surface area contributed by atoms with Crippen LogP contribution in [-0.2, 0) is 19.1 Å². The topological polar surface area (TPSA) is 146 Å². The lowest BCUT2D eigenvalue weighted by atomic mass is 10.2. The molecular formula is C21H22ClFN4O7S. The summed E-state index contributed by atoms with van der Waals surface area (Å²) in [6, 6.07) is 5.52. The van der Waals surface area contributed by atoms with E-state index in [1.165, 1.54) is 29.2 Å². The van der Waals surface area contributed by atoms with Gasteiger partial charge in [0.05, 0.1) is 28.1 Å². The van der Waals surface area contributed by atoms with Gasteiger partial charge >= 0.3 is 6.09 Å². The van der Waals surface area contributed by atoms with E-state index >= 15 is 0 Å². The highest BCUT2D eigenvalue weighted by atomic mass is 35.5. The van der Waals surface area contributed by atoms with E-state index in [-0.39, 0.29) is 42.8 Å². The second-order valence-corrected chi connectivity index (χ2v) is 8.84. The average molecular weight is 529 g/mol. The maximum Gasteiger partial charge on any atom is 0.407 e. The predicted molar refractivity (Wildman–Crippen MR) is 125 cm³/mol. The fraction of sp³-hybridized carbons (Fsp3) is 0.333. The first kappa shape index (κ1) is 26.3. The number of morpholine rings is 1. The first-order valence-electron chi connectivity index (χ1n) is 10.3. The van der Waals surface area contributed by atoms with Crippen LogP contribution in [0, 0.1) is 5.82 Å². The molecule has 1 saturated heterocycles. The Bertz CT molecular complexity index is 1100. The number of anilines is 2. The fourth-order valence-corrected chi connectivity index (χ4v) is 3.99. The molecular weight excluding hydrogens is 507 g/mol. The molecule has 1 atom stereocenters. The Morgan fingerprint density at radius 3 is 2.74 bits per heavy atom. The van der Waals surface area contributed by atoms with Gasteiger partial charge in [-0.05, 0) is 30.3 Å². The smallest absolute Gasteiger partial charge is 0.407 e. The van der Waals surface area contributed by atoms with Crippen LogP contribution in [0.15, 0.2) is 30.3 Å². The van der Waals surface area contributed by atoms with Crippen molar-refractivity contribution in [3.05, 3.63) is 45.4 Å². The lowest BCUT2D eigenvalue weighted by Gasteiger charge is -2.27. The van der Waals surface area contributed by atoms with Crippen molar-refractivity contribution in [2.75, 3.05) is 49.7 Å². The molecule has 1 aromatic carbocycles. The molecule has 3 rings (SSSR count). The Balaban J connectivity index is 1.69. The summed E-state index contributed by atoms with van der Waals surface area (Å²) >= 11 is 6.85. The van der Waals surface area contributed by atoms with Gasteiger partial charge in [-0.15, -0.1) is 11.3 Å². The minimum absolute atomic E-state index is 0.108. The van der Waals surface area contributed by atoms with E-state index < -0.39 is 36.4 Å². The molecule has 188 valence electrons. The van der Waals surface area contributed by atoms with Crippen LogP contribution in [-0.4, -0.2) is 74.5 Å². The Kier molecular flexibility index (Phi) is 9.37. The number of aliphatic hydroxyl groups is 1. The Hall–Kier alpha value is -3.26. The normalized spacial score (nSPS) is 14.3. The Morgan fingerprint density at radius 1 is 1.29 bits per heavy atom.